The van der Waals surface area contributed by atoms with Crippen molar-refractivity contribution in [2.24, 2.45) is 5.73 Å². The third kappa shape index (κ3) is 3.72. The third-order valence-corrected chi connectivity index (χ3v) is 2.61. The smallest absolute Gasteiger partial charge is 0.153 e. The molecule has 1 unspecified atom stereocenters. The minimum Gasteiger partial charge on any atom is -0.322 e. The maximum absolute atomic E-state index is 13.0. The number of Topliss-reactive ketones (excluding diaryl/α,β-unsaturated/α-hetero) is 1. The summed E-state index contributed by atoms with van der Waals surface area (Å²) in [5.74, 6) is -0.410. The molecule has 1 aromatic rings. The van der Waals surface area contributed by atoms with Gasteiger partial charge in [-0.1, -0.05) is 22.9 Å². The highest BCUT2D eigenvalue weighted by atomic mass is 79.9. The summed E-state index contributed by atoms with van der Waals surface area (Å²) in [7, 11) is 0. The van der Waals surface area contributed by atoms with Gasteiger partial charge in [0.15, 0.2) is 5.78 Å². The summed E-state index contributed by atoms with van der Waals surface area (Å²) in [4.78, 5) is 11.5. The zero-order valence-corrected chi connectivity index (χ0v) is 10.1. The van der Waals surface area contributed by atoms with E-state index in [2.05, 4.69) is 15.9 Å². The van der Waals surface area contributed by atoms with Crippen LogP contribution in [0.2, 0.25) is 0 Å². The molecule has 0 aliphatic rings. The Labute approximate surface area is 96.8 Å². The third-order valence-electron chi connectivity index (χ3n) is 2.15. The minimum atomic E-state index is -0.452. The Balaban J connectivity index is 2.76. The molecule has 1 rings (SSSR count). The van der Waals surface area contributed by atoms with Crippen LogP contribution >= 0.6 is 15.9 Å². The van der Waals surface area contributed by atoms with E-state index in [-0.39, 0.29) is 18.0 Å². The van der Waals surface area contributed by atoms with Crippen LogP contribution in [0, 0.1) is 5.82 Å². The standard InChI is InChI=1S/C11H13BrFNO/c1-2-10(14)11(15)5-7-3-8(12)6-9(13)4-7/h3-4,6,10H,2,5,14H2,1H3. The first-order valence-electron chi connectivity index (χ1n) is 4.76. The summed E-state index contributed by atoms with van der Waals surface area (Å²) in [6.45, 7) is 1.85. The molecule has 0 heterocycles. The molecule has 0 saturated heterocycles. The van der Waals surface area contributed by atoms with Crippen molar-refractivity contribution in [2.75, 3.05) is 0 Å². The molecule has 0 fully saturated rings. The maximum Gasteiger partial charge on any atom is 0.153 e. The number of nitrogens with two attached hydrogens (primary N) is 1. The van der Waals surface area contributed by atoms with Crippen LogP contribution in [0.5, 0.6) is 0 Å². The fourth-order valence-electron chi connectivity index (χ4n) is 1.27. The van der Waals surface area contributed by atoms with Gasteiger partial charge in [0.2, 0.25) is 0 Å². The number of hydrogen-bond donors (Lipinski definition) is 1. The van der Waals surface area contributed by atoms with E-state index in [1.807, 2.05) is 6.92 Å². The van der Waals surface area contributed by atoms with Gasteiger partial charge >= 0.3 is 0 Å². The number of benzene rings is 1. The van der Waals surface area contributed by atoms with E-state index in [0.29, 0.717) is 16.5 Å². The number of carbonyl (C=O) groups excluding carboxylic acids is 1. The number of ketones is 1. The summed E-state index contributed by atoms with van der Waals surface area (Å²) in [5, 5.41) is 0. The van der Waals surface area contributed by atoms with Crippen LogP contribution in [0.15, 0.2) is 22.7 Å². The van der Waals surface area contributed by atoms with Gasteiger partial charge < -0.3 is 5.73 Å². The number of rotatable bonds is 4. The molecule has 1 atom stereocenters. The topological polar surface area (TPSA) is 43.1 Å². The molecular weight excluding hydrogens is 261 g/mol. The molecular formula is C11H13BrFNO. The lowest BCUT2D eigenvalue weighted by Crippen LogP contribution is -2.30. The van der Waals surface area contributed by atoms with Gasteiger partial charge in [-0.2, -0.15) is 0 Å². The van der Waals surface area contributed by atoms with E-state index < -0.39 is 6.04 Å². The number of hydrogen-bond acceptors (Lipinski definition) is 2. The molecule has 1 aromatic carbocycles. The van der Waals surface area contributed by atoms with Crippen LogP contribution in [0.1, 0.15) is 18.9 Å². The first kappa shape index (κ1) is 12.3. The Morgan fingerprint density at radius 2 is 2.20 bits per heavy atom. The second kappa shape index (κ2) is 5.37. The average molecular weight is 274 g/mol. The Kier molecular flexibility index (Phi) is 4.42. The van der Waals surface area contributed by atoms with Crippen molar-refractivity contribution < 1.29 is 9.18 Å². The van der Waals surface area contributed by atoms with Gasteiger partial charge in [-0.25, -0.2) is 4.39 Å². The van der Waals surface area contributed by atoms with Crippen molar-refractivity contribution in [3.63, 3.8) is 0 Å². The van der Waals surface area contributed by atoms with Crippen LogP contribution in [-0.2, 0) is 11.2 Å². The first-order chi connectivity index (χ1) is 7.02. The van der Waals surface area contributed by atoms with Gasteiger partial charge in [0.25, 0.3) is 0 Å². The lowest BCUT2D eigenvalue weighted by Gasteiger charge is -2.07. The van der Waals surface area contributed by atoms with Crippen molar-refractivity contribution in [3.8, 4) is 0 Å². The summed E-state index contributed by atoms with van der Waals surface area (Å²) < 4.78 is 13.6. The fourth-order valence-corrected chi connectivity index (χ4v) is 1.79. The van der Waals surface area contributed by atoms with Gasteiger partial charge in [0.1, 0.15) is 5.82 Å². The van der Waals surface area contributed by atoms with E-state index in [1.165, 1.54) is 12.1 Å². The largest absolute Gasteiger partial charge is 0.322 e. The van der Waals surface area contributed by atoms with Crippen molar-refractivity contribution in [3.05, 3.63) is 34.1 Å². The highest BCUT2D eigenvalue weighted by Gasteiger charge is 2.12. The molecule has 0 saturated carbocycles. The molecule has 0 bridgehead atoms. The van der Waals surface area contributed by atoms with Gasteiger partial charge in [-0.05, 0) is 30.2 Å². The molecule has 4 heteroatoms. The Hall–Kier alpha value is -0.740. The highest BCUT2D eigenvalue weighted by Crippen LogP contribution is 2.15. The van der Waals surface area contributed by atoms with E-state index in [0.717, 1.165) is 0 Å². The Bertz CT molecular complexity index is 347. The van der Waals surface area contributed by atoms with Gasteiger partial charge in [-0.15, -0.1) is 0 Å². The Morgan fingerprint density at radius 1 is 1.53 bits per heavy atom. The Morgan fingerprint density at radius 3 is 2.73 bits per heavy atom. The minimum absolute atomic E-state index is 0.0602. The normalized spacial score (nSPS) is 12.5. The predicted molar refractivity (Wildman–Crippen MR) is 61.1 cm³/mol. The van der Waals surface area contributed by atoms with Gasteiger partial charge in [0, 0.05) is 10.9 Å². The molecule has 0 aliphatic heterocycles. The summed E-state index contributed by atoms with van der Waals surface area (Å²) >= 11 is 3.17. The van der Waals surface area contributed by atoms with Crippen LogP contribution in [0.3, 0.4) is 0 Å². The molecule has 0 amide bonds. The zero-order valence-electron chi connectivity index (χ0n) is 8.47. The SMILES string of the molecule is CCC(N)C(=O)Cc1cc(F)cc(Br)c1. The van der Waals surface area contributed by atoms with Crippen molar-refractivity contribution in [1.82, 2.24) is 0 Å². The monoisotopic (exact) mass is 273 g/mol. The average Bonchev–Trinajstić information content (AvgIpc) is 2.14. The molecule has 0 spiro atoms. The van der Waals surface area contributed by atoms with Gasteiger partial charge in [-0.3, -0.25) is 4.79 Å². The summed E-state index contributed by atoms with van der Waals surface area (Å²) in [5.41, 5.74) is 6.23. The van der Waals surface area contributed by atoms with E-state index in [1.54, 1.807) is 6.07 Å². The van der Waals surface area contributed by atoms with Crippen molar-refractivity contribution in [1.29, 1.82) is 0 Å². The quantitative estimate of drug-likeness (QED) is 0.916. The van der Waals surface area contributed by atoms with Crippen molar-refractivity contribution >= 4 is 21.7 Å². The predicted octanol–water partition coefficient (Wildman–Crippen LogP) is 2.44. The van der Waals surface area contributed by atoms with Crippen molar-refractivity contribution in [2.45, 2.75) is 25.8 Å². The van der Waals surface area contributed by atoms with E-state index >= 15 is 0 Å². The molecule has 2 nitrogen and oxygen atoms in total. The summed E-state index contributed by atoms with van der Waals surface area (Å²) in [6.07, 6.45) is 0.792. The van der Waals surface area contributed by atoms with Crippen LogP contribution in [-0.4, -0.2) is 11.8 Å². The van der Waals surface area contributed by atoms with Crippen LogP contribution < -0.4 is 5.73 Å². The van der Waals surface area contributed by atoms with E-state index in [4.69, 9.17) is 5.73 Å². The molecule has 0 aliphatic carbocycles. The molecule has 2 N–H and O–H groups in total. The molecule has 15 heavy (non-hydrogen) atoms. The zero-order chi connectivity index (χ0) is 11.4. The molecule has 82 valence electrons. The fraction of sp³-hybridized carbons (Fsp3) is 0.364. The summed E-state index contributed by atoms with van der Waals surface area (Å²) in [6, 6.07) is 3.98. The second-order valence-electron chi connectivity index (χ2n) is 3.44. The maximum atomic E-state index is 13.0. The van der Waals surface area contributed by atoms with Crippen LogP contribution in [0.25, 0.3) is 0 Å². The van der Waals surface area contributed by atoms with Gasteiger partial charge in [0.05, 0.1) is 6.04 Å². The second-order valence-corrected chi connectivity index (χ2v) is 4.35. The lowest BCUT2D eigenvalue weighted by molar-refractivity contribution is -0.119. The molecule has 0 aromatic heterocycles. The number of carbonyl (C=O) groups is 1. The molecule has 0 radical (unpaired) electrons. The van der Waals surface area contributed by atoms with E-state index in [9.17, 15) is 9.18 Å². The lowest BCUT2D eigenvalue weighted by atomic mass is 10.0. The first-order valence-corrected chi connectivity index (χ1v) is 5.55. The highest BCUT2D eigenvalue weighted by molar-refractivity contribution is 9.10. The number of halogens is 2. The van der Waals surface area contributed by atoms with Crippen LogP contribution in [0.4, 0.5) is 4.39 Å².